The van der Waals surface area contributed by atoms with Crippen LogP contribution in [0.4, 0.5) is 0 Å². The lowest BCUT2D eigenvalue weighted by molar-refractivity contribution is 0.553. The first kappa shape index (κ1) is 15.5. The normalized spacial score (nSPS) is 13.0. The lowest BCUT2D eigenvalue weighted by atomic mass is 10.3. The molecule has 0 radical (unpaired) electrons. The molecule has 0 amide bonds. The zero-order valence-electron chi connectivity index (χ0n) is 11.4. The molecular formula is C11H14N6O2S2. The van der Waals surface area contributed by atoms with E-state index in [0.29, 0.717) is 11.5 Å². The van der Waals surface area contributed by atoms with Crippen molar-refractivity contribution in [2.45, 2.75) is 17.9 Å². The van der Waals surface area contributed by atoms with Gasteiger partial charge in [0.05, 0.1) is 11.7 Å². The summed E-state index contributed by atoms with van der Waals surface area (Å²) in [6.07, 6.45) is 2.71. The molecule has 112 valence electrons. The summed E-state index contributed by atoms with van der Waals surface area (Å²) in [4.78, 5) is 4.05. The van der Waals surface area contributed by atoms with Crippen molar-refractivity contribution < 1.29 is 8.42 Å². The highest BCUT2D eigenvalue weighted by Crippen LogP contribution is 2.14. The molecule has 10 heteroatoms. The summed E-state index contributed by atoms with van der Waals surface area (Å²) < 4.78 is 28.7. The van der Waals surface area contributed by atoms with E-state index in [4.69, 9.17) is 18.0 Å². The highest BCUT2D eigenvalue weighted by molar-refractivity contribution is 7.89. The Kier molecular flexibility index (Phi) is 4.30. The van der Waals surface area contributed by atoms with Gasteiger partial charge in [-0.2, -0.15) is 0 Å². The topological polar surface area (TPSA) is 116 Å². The summed E-state index contributed by atoms with van der Waals surface area (Å²) in [5.41, 5.74) is 5.79. The number of aryl methyl sites for hydroxylation is 1. The zero-order chi connectivity index (χ0) is 15.6. The zero-order valence-corrected chi connectivity index (χ0v) is 13.0. The van der Waals surface area contributed by atoms with E-state index in [-0.39, 0.29) is 9.88 Å². The third-order valence-electron chi connectivity index (χ3n) is 2.76. The first-order valence-electron chi connectivity index (χ1n) is 5.93. The molecule has 0 saturated heterocycles. The average molecular weight is 326 g/mol. The van der Waals surface area contributed by atoms with Gasteiger partial charge in [0.2, 0.25) is 10.0 Å². The summed E-state index contributed by atoms with van der Waals surface area (Å²) in [5.74, 6) is 0.506. The van der Waals surface area contributed by atoms with E-state index in [1.54, 1.807) is 18.5 Å². The van der Waals surface area contributed by atoms with Crippen LogP contribution in [0.3, 0.4) is 0 Å². The van der Waals surface area contributed by atoms with Crippen LogP contribution in [0.1, 0.15) is 24.5 Å². The van der Waals surface area contributed by atoms with Crippen LogP contribution in [0.25, 0.3) is 0 Å². The van der Waals surface area contributed by atoms with Crippen LogP contribution in [0.2, 0.25) is 0 Å². The lowest BCUT2D eigenvalue weighted by Crippen LogP contribution is -2.28. The standard InChI is InChI=1S/C11H14N6O2S2/c1-7(11-15-14-6-17(11)2)16-21(18,19)8-3-4-9(10(12)20)13-5-8/h3-7,16H,1-2H3,(H2,12,20). The Balaban J connectivity index is 2.22. The summed E-state index contributed by atoms with van der Waals surface area (Å²) in [7, 11) is -1.99. The quantitative estimate of drug-likeness (QED) is 0.736. The molecule has 0 aromatic carbocycles. The molecule has 8 nitrogen and oxygen atoms in total. The Labute approximate surface area is 127 Å². The fourth-order valence-corrected chi connectivity index (χ4v) is 2.99. The third-order valence-corrected chi connectivity index (χ3v) is 4.50. The predicted octanol–water partition coefficient (Wildman–Crippen LogP) is -0.116. The number of hydrogen-bond donors (Lipinski definition) is 2. The second-order valence-corrected chi connectivity index (χ2v) is 6.54. The average Bonchev–Trinajstić information content (AvgIpc) is 2.84. The molecule has 1 atom stereocenters. The van der Waals surface area contributed by atoms with Gasteiger partial charge in [-0.05, 0) is 19.1 Å². The van der Waals surface area contributed by atoms with Crippen LogP contribution in [0, 0.1) is 0 Å². The smallest absolute Gasteiger partial charge is 0.242 e. The van der Waals surface area contributed by atoms with E-state index < -0.39 is 16.1 Å². The van der Waals surface area contributed by atoms with Gasteiger partial charge in [0.15, 0.2) is 0 Å². The summed E-state index contributed by atoms with van der Waals surface area (Å²) in [5, 5.41) is 7.58. The van der Waals surface area contributed by atoms with E-state index >= 15 is 0 Å². The van der Waals surface area contributed by atoms with Crippen molar-refractivity contribution in [2.75, 3.05) is 0 Å². The highest BCUT2D eigenvalue weighted by Gasteiger charge is 2.21. The van der Waals surface area contributed by atoms with Crippen LogP contribution in [0.5, 0.6) is 0 Å². The van der Waals surface area contributed by atoms with Crippen molar-refractivity contribution in [3.8, 4) is 0 Å². The number of rotatable bonds is 5. The fraction of sp³-hybridized carbons (Fsp3) is 0.273. The van der Waals surface area contributed by atoms with Crippen LogP contribution >= 0.6 is 12.2 Å². The van der Waals surface area contributed by atoms with Crippen molar-refractivity contribution in [1.82, 2.24) is 24.5 Å². The molecule has 2 aromatic rings. The molecule has 2 aromatic heterocycles. The second kappa shape index (κ2) is 5.84. The SMILES string of the molecule is CC(NS(=O)(=O)c1ccc(C(N)=S)nc1)c1nncn1C. The number of sulfonamides is 1. The Morgan fingerprint density at radius 3 is 2.67 bits per heavy atom. The van der Waals surface area contributed by atoms with Crippen LogP contribution in [-0.2, 0) is 17.1 Å². The number of nitrogens with zero attached hydrogens (tertiary/aromatic N) is 4. The Morgan fingerprint density at radius 2 is 2.19 bits per heavy atom. The van der Waals surface area contributed by atoms with Crippen molar-refractivity contribution in [1.29, 1.82) is 0 Å². The van der Waals surface area contributed by atoms with Gasteiger partial charge in [0.1, 0.15) is 22.0 Å². The monoisotopic (exact) mass is 326 g/mol. The van der Waals surface area contributed by atoms with Crippen LogP contribution in [0.15, 0.2) is 29.6 Å². The van der Waals surface area contributed by atoms with Crippen molar-refractivity contribution in [3.05, 3.63) is 36.2 Å². The summed E-state index contributed by atoms with van der Waals surface area (Å²) in [6, 6.07) is 2.33. The first-order valence-corrected chi connectivity index (χ1v) is 7.82. The van der Waals surface area contributed by atoms with Crippen molar-refractivity contribution >= 4 is 27.2 Å². The van der Waals surface area contributed by atoms with E-state index in [0.717, 1.165) is 0 Å². The van der Waals surface area contributed by atoms with Gasteiger partial charge in [-0.1, -0.05) is 12.2 Å². The molecule has 0 bridgehead atoms. The highest BCUT2D eigenvalue weighted by atomic mass is 32.2. The minimum absolute atomic E-state index is 0.0246. The first-order chi connectivity index (χ1) is 9.81. The Morgan fingerprint density at radius 1 is 1.48 bits per heavy atom. The molecule has 0 aliphatic carbocycles. The van der Waals surface area contributed by atoms with Gasteiger partial charge in [0, 0.05) is 13.2 Å². The van der Waals surface area contributed by atoms with Crippen molar-refractivity contribution in [3.63, 3.8) is 0 Å². The van der Waals surface area contributed by atoms with Crippen LogP contribution in [-0.4, -0.2) is 33.2 Å². The maximum Gasteiger partial charge on any atom is 0.242 e. The van der Waals surface area contributed by atoms with E-state index in [2.05, 4.69) is 19.9 Å². The Bertz CT molecular complexity index is 753. The second-order valence-electron chi connectivity index (χ2n) is 4.39. The van der Waals surface area contributed by atoms with E-state index in [9.17, 15) is 8.42 Å². The van der Waals surface area contributed by atoms with Gasteiger partial charge in [-0.25, -0.2) is 13.1 Å². The molecule has 0 aliphatic rings. The lowest BCUT2D eigenvalue weighted by Gasteiger charge is -2.13. The molecular weight excluding hydrogens is 312 g/mol. The maximum absolute atomic E-state index is 12.3. The largest absolute Gasteiger partial charge is 0.388 e. The van der Waals surface area contributed by atoms with Gasteiger partial charge in [-0.3, -0.25) is 4.98 Å². The number of nitrogens with one attached hydrogen (secondary N) is 1. The number of nitrogens with two attached hydrogens (primary N) is 1. The number of thiocarbonyl (C=S) groups is 1. The van der Waals surface area contributed by atoms with Gasteiger partial charge in [-0.15, -0.1) is 10.2 Å². The fourth-order valence-electron chi connectivity index (χ4n) is 1.72. The minimum Gasteiger partial charge on any atom is -0.388 e. The number of hydrogen-bond acceptors (Lipinski definition) is 6. The molecule has 21 heavy (non-hydrogen) atoms. The number of pyridine rings is 1. The Hall–Kier alpha value is -1.91. The van der Waals surface area contributed by atoms with Gasteiger partial charge >= 0.3 is 0 Å². The molecule has 2 rings (SSSR count). The predicted molar refractivity (Wildman–Crippen MR) is 79.9 cm³/mol. The molecule has 1 unspecified atom stereocenters. The van der Waals surface area contributed by atoms with Gasteiger partial charge in [0.25, 0.3) is 0 Å². The molecule has 0 aliphatic heterocycles. The molecule has 2 heterocycles. The molecule has 3 N–H and O–H groups in total. The molecule has 0 saturated carbocycles. The third kappa shape index (κ3) is 3.40. The summed E-state index contributed by atoms with van der Waals surface area (Å²) >= 11 is 4.77. The van der Waals surface area contributed by atoms with Gasteiger partial charge < -0.3 is 10.3 Å². The van der Waals surface area contributed by atoms with Crippen LogP contribution < -0.4 is 10.5 Å². The molecule has 0 fully saturated rings. The minimum atomic E-state index is -3.72. The maximum atomic E-state index is 12.3. The summed E-state index contributed by atoms with van der Waals surface area (Å²) in [6.45, 7) is 1.68. The van der Waals surface area contributed by atoms with E-state index in [1.807, 2.05) is 0 Å². The van der Waals surface area contributed by atoms with Crippen molar-refractivity contribution in [2.24, 2.45) is 12.8 Å². The molecule has 0 spiro atoms. The van der Waals surface area contributed by atoms with E-state index in [1.165, 1.54) is 24.7 Å². The number of aromatic nitrogens is 4.